The number of halogens is 1. The van der Waals surface area contributed by atoms with Crippen LogP contribution >= 0.6 is 12.4 Å². The van der Waals surface area contributed by atoms with Crippen molar-refractivity contribution in [1.29, 1.82) is 0 Å². The molecule has 0 spiro atoms. The summed E-state index contributed by atoms with van der Waals surface area (Å²) in [5, 5.41) is 12.5. The van der Waals surface area contributed by atoms with E-state index in [1.165, 1.54) is 19.3 Å². The van der Waals surface area contributed by atoms with Crippen molar-refractivity contribution < 1.29 is 9.59 Å². The molecular formula is C19H37ClN4O2. The quantitative estimate of drug-likeness (QED) is 0.482. The van der Waals surface area contributed by atoms with E-state index >= 15 is 0 Å². The van der Waals surface area contributed by atoms with E-state index in [1.54, 1.807) is 0 Å². The third-order valence-corrected chi connectivity index (χ3v) is 5.41. The zero-order chi connectivity index (χ0) is 17.9. The van der Waals surface area contributed by atoms with Crippen LogP contribution in [0, 0.1) is 0 Å². The van der Waals surface area contributed by atoms with Crippen molar-refractivity contribution in [2.24, 2.45) is 0 Å². The van der Waals surface area contributed by atoms with Crippen LogP contribution in [0.5, 0.6) is 0 Å². The van der Waals surface area contributed by atoms with Crippen molar-refractivity contribution >= 4 is 24.3 Å². The molecule has 6 nitrogen and oxygen atoms in total. The second-order valence-electron chi connectivity index (χ2n) is 7.60. The van der Waals surface area contributed by atoms with E-state index in [2.05, 4.69) is 28.2 Å². The van der Waals surface area contributed by atoms with E-state index in [0.29, 0.717) is 25.0 Å². The van der Waals surface area contributed by atoms with Crippen LogP contribution < -0.4 is 21.3 Å². The predicted octanol–water partition coefficient (Wildman–Crippen LogP) is 2.86. The Bertz CT molecular complexity index is 416. The molecule has 2 rings (SSSR count). The van der Waals surface area contributed by atoms with E-state index < -0.39 is 0 Å². The molecule has 1 aliphatic heterocycles. The van der Waals surface area contributed by atoms with Gasteiger partial charge < -0.3 is 21.3 Å². The Morgan fingerprint density at radius 1 is 0.962 bits per heavy atom. The Morgan fingerprint density at radius 3 is 2.46 bits per heavy atom. The summed E-state index contributed by atoms with van der Waals surface area (Å²) in [5.41, 5.74) is 0. The van der Waals surface area contributed by atoms with Gasteiger partial charge >= 0.3 is 6.03 Å². The molecule has 1 heterocycles. The molecule has 0 bridgehead atoms. The van der Waals surface area contributed by atoms with Gasteiger partial charge in [0, 0.05) is 31.1 Å². The summed E-state index contributed by atoms with van der Waals surface area (Å²) in [6.07, 6.45) is 11.5. The van der Waals surface area contributed by atoms with E-state index in [0.717, 1.165) is 51.5 Å². The van der Waals surface area contributed by atoms with Crippen molar-refractivity contribution in [2.75, 3.05) is 13.1 Å². The highest BCUT2D eigenvalue weighted by Crippen LogP contribution is 2.17. The SMILES string of the molecule is CC1NCCCC1NC(=O)CCCCCNC(=O)NC1CCCCC1.Cl. The summed E-state index contributed by atoms with van der Waals surface area (Å²) in [5.74, 6) is 0.156. The van der Waals surface area contributed by atoms with Crippen LogP contribution in [0.4, 0.5) is 4.79 Å². The summed E-state index contributed by atoms with van der Waals surface area (Å²) >= 11 is 0. The minimum Gasteiger partial charge on any atom is -0.352 e. The largest absolute Gasteiger partial charge is 0.352 e. The molecule has 1 aliphatic carbocycles. The molecule has 2 aliphatic rings. The number of unbranched alkanes of at least 4 members (excludes halogenated alkanes) is 2. The highest BCUT2D eigenvalue weighted by atomic mass is 35.5. The second kappa shape index (κ2) is 13.2. The highest BCUT2D eigenvalue weighted by Gasteiger charge is 2.21. The average molecular weight is 389 g/mol. The molecule has 3 amide bonds. The smallest absolute Gasteiger partial charge is 0.315 e. The molecule has 2 unspecified atom stereocenters. The van der Waals surface area contributed by atoms with Gasteiger partial charge in [0.25, 0.3) is 0 Å². The third-order valence-electron chi connectivity index (χ3n) is 5.41. The average Bonchev–Trinajstić information content (AvgIpc) is 2.61. The van der Waals surface area contributed by atoms with Gasteiger partial charge in [-0.1, -0.05) is 25.7 Å². The van der Waals surface area contributed by atoms with E-state index in [-0.39, 0.29) is 30.4 Å². The summed E-state index contributed by atoms with van der Waals surface area (Å²) in [7, 11) is 0. The van der Waals surface area contributed by atoms with Crippen molar-refractivity contribution in [3.63, 3.8) is 0 Å². The molecule has 0 aromatic heterocycles. The van der Waals surface area contributed by atoms with Crippen LogP contribution in [0.2, 0.25) is 0 Å². The molecular weight excluding hydrogens is 352 g/mol. The minimum absolute atomic E-state index is 0. The summed E-state index contributed by atoms with van der Waals surface area (Å²) in [6.45, 7) is 3.87. The summed E-state index contributed by atoms with van der Waals surface area (Å²) in [4.78, 5) is 23.8. The Labute approximate surface area is 164 Å². The number of hydrogen-bond acceptors (Lipinski definition) is 3. The van der Waals surface area contributed by atoms with Gasteiger partial charge in [0.1, 0.15) is 0 Å². The van der Waals surface area contributed by atoms with Crippen LogP contribution in [0.1, 0.15) is 77.6 Å². The van der Waals surface area contributed by atoms with Gasteiger partial charge in [0.05, 0.1) is 0 Å². The van der Waals surface area contributed by atoms with E-state index in [4.69, 9.17) is 0 Å². The molecule has 1 saturated heterocycles. The van der Waals surface area contributed by atoms with Gasteiger partial charge in [-0.05, 0) is 52.0 Å². The van der Waals surface area contributed by atoms with Crippen LogP contribution in [0.25, 0.3) is 0 Å². The fourth-order valence-corrected chi connectivity index (χ4v) is 3.79. The molecule has 0 aromatic carbocycles. The molecule has 7 heteroatoms. The number of nitrogens with one attached hydrogen (secondary N) is 4. The maximum Gasteiger partial charge on any atom is 0.315 e. The lowest BCUT2D eigenvalue weighted by atomic mass is 9.96. The fraction of sp³-hybridized carbons (Fsp3) is 0.895. The molecule has 152 valence electrons. The van der Waals surface area contributed by atoms with Crippen LogP contribution in [-0.4, -0.2) is 43.2 Å². The molecule has 26 heavy (non-hydrogen) atoms. The van der Waals surface area contributed by atoms with Crippen molar-refractivity contribution in [3.05, 3.63) is 0 Å². The number of hydrogen-bond donors (Lipinski definition) is 4. The first-order valence-corrected chi connectivity index (χ1v) is 10.2. The van der Waals surface area contributed by atoms with Crippen LogP contribution in [0.3, 0.4) is 0 Å². The standard InChI is InChI=1S/C19H36N4O2.ClH/c1-15-17(11-8-14-20-15)23-18(24)12-6-3-7-13-21-19(25)22-16-9-4-2-5-10-16;/h15-17,20H,2-14H2,1H3,(H,23,24)(H2,21,22,25);1H. The summed E-state index contributed by atoms with van der Waals surface area (Å²) < 4.78 is 0. The van der Waals surface area contributed by atoms with Crippen LogP contribution in [-0.2, 0) is 4.79 Å². The maximum absolute atomic E-state index is 12.0. The predicted molar refractivity (Wildman–Crippen MR) is 108 cm³/mol. The first-order chi connectivity index (χ1) is 12.1. The van der Waals surface area contributed by atoms with Gasteiger partial charge in [-0.2, -0.15) is 0 Å². The Hall–Kier alpha value is -1.01. The second-order valence-corrected chi connectivity index (χ2v) is 7.60. The Morgan fingerprint density at radius 2 is 1.73 bits per heavy atom. The van der Waals surface area contributed by atoms with E-state index in [9.17, 15) is 9.59 Å². The molecule has 4 N–H and O–H groups in total. The van der Waals surface area contributed by atoms with Crippen molar-refractivity contribution in [3.8, 4) is 0 Å². The maximum atomic E-state index is 12.0. The normalized spacial score (nSPS) is 23.6. The Kier molecular flexibility index (Phi) is 11.7. The molecule has 0 radical (unpaired) electrons. The van der Waals surface area contributed by atoms with Gasteiger partial charge in [0.2, 0.25) is 5.91 Å². The first-order valence-electron chi connectivity index (χ1n) is 10.2. The minimum atomic E-state index is -0.0385. The molecule has 2 atom stereocenters. The van der Waals surface area contributed by atoms with E-state index in [1.807, 2.05) is 0 Å². The van der Waals surface area contributed by atoms with Crippen molar-refractivity contribution in [1.82, 2.24) is 21.3 Å². The number of carbonyl (C=O) groups excluding carboxylic acids is 2. The zero-order valence-electron chi connectivity index (χ0n) is 16.1. The molecule has 2 fully saturated rings. The summed E-state index contributed by atoms with van der Waals surface area (Å²) in [6, 6.07) is 0.952. The van der Waals surface area contributed by atoms with Gasteiger partial charge in [-0.25, -0.2) is 4.79 Å². The number of rotatable bonds is 8. The number of amides is 3. The number of carbonyl (C=O) groups is 2. The van der Waals surface area contributed by atoms with Gasteiger partial charge in [-0.3, -0.25) is 4.79 Å². The lowest BCUT2D eigenvalue weighted by Gasteiger charge is -2.30. The lowest BCUT2D eigenvalue weighted by Crippen LogP contribution is -2.51. The van der Waals surface area contributed by atoms with Crippen molar-refractivity contribution in [2.45, 2.75) is 95.7 Å². The topological polar surface area (TPSA) is 82.3 Å². The van der Waals surface area contributed by atoms with Gasteiger partial charge in [0.15, 0.2) is 0 Å². The van der Waals surface area contributed by atoms with Crippen LogP contribution in [0.15, 0.2) is 0 Å². The monoisotopic (exact) mass is 388 g/mol. The zero-order valence-corrected chi connectivity index (χ0v) is 17.0. The Balaban J connectivity index is 0.00000338. The lowest BCUT2D eigenvalue weighted by molar-refractivity contribution is -0.122. The fourth-order valence-electron chi connectivity index (χ4n) is 3.79. The van der Waals surface area contributed by atoms with Gasteiger partial charge in [-0.15, -0.1) is 12.4 Å². The highest BCUT2D eigenvalue weighted by molar-refractivity contribution is 5.85. The molecule has 1 saturated carbocycles. The third kappa shape index (κ3) is 9.08. The number of urea groups is 1. The number of piperidine rings is 1. The first kappa shape index (κ1) is 23.0. The molecule has 0 aromatic rings.